The molecule has 2 heterocycles. The van der Waals surface area contributed by atoms with Crippen LogP contribution in [-0.4, -0.2) is 37.5 Å². The number of likely N-dealkylation sites (tertiary alicyclic amines) is 1. The van der Waals surface area contributed by atoms with Gasteiger partial charge in [-0.15, -0.1) is 0 Å². The summed E-state index contributed by atoms with van der Waals surface area (Å²) in [4.78, 5) is 14.1. The van der Waals surface area contributed by atoms with Crippen molar-refractivity contribution in [3.05, 3.63) is 23.1 Å². The Balaban J connectivity index is 2.02. The van der Waals surface area contributed by atoms with E-state index in [4.69, 9.17) is 16.0 Å². The van der Waals surface area contributed by atoms with E-state index < -0.39 is 0 Å². The van der Waals surface area contributed by atoms with Gasteiger partial charge in [0.2, 0.25) is 5.22 Å². The van der Waals surface area contributed by atoms with Crippen molar-refractivity contribution in [2.75, 3.05) is 26.7 Å². The van der Waals surface area contributed by atoms with E-state index in [1.165, 1.54) is 12.7 Å². The first-order chi connectivity index (χ1) is 8.22. The zero-order chi connectivity index (χ0) is 12.3. The number of furan rings is 1. The predicted molar refractivity (Wildman–Crippen MR) is 66.3 cm³/mol. The lowest BCUT2D eigenvalue weighted by molar-refractivity contribution is 0.0674. The Morgan fingerprint density at radius 2 is 2.53 bits per heavy atom. The van der Waals surface area contributed by atoms with Gasteiger partial charge in [-0.05, 0) is 50.0 Å². The van der Waals surface area contributed by atoms with E-state index in [0.717, 1.165) is 26.1 Å². The third kappa shape index (κ3) is 2.82. The van der Waals surface area contributed by atoms with Crippen LogP contribution in [0.1, 0.15) is 23.2 Å². The molecule has 1 aliphatic rings. The fourth-order valence-electron chi connectivity index (χ4n) is 2.32. The molecule has 17 heavy (non-hydrogen) atoms. The molecule has 5 heteroatoms. The van der Waals surface area contributed by atoms with Crippen LogP contribution < -0.4 is 5.32 Å². The Morgan fingerprint density at radius 1 is 1.71 bits per heavy atom. The van der Waals surface area contributed by atoms with Crippen LogP contribution in [0.2, 0.25) is 5.22 Å². The Morgan fingerprint density at radius 3 is 3.18 bits per heavy atom. The first-order valence-corrected chi connectivity index (χ1v) is 6.27. The van der Waals surface area contributed by atoms with E-state index in [2.05, 4.69) is 5.32 Å². The minimum Gasteiger partial charge on any atom is -0.452 e. The van der Waals surface area contributed by atoms with E-state index >= 15 is 0 Å². The SMILES string of the molecule is CNCC1CCCN(C(=O)c2ccoc2Cl)C1. The van der Waals surface area contributed by atoms with Crippen LogP contribution in [0.25, 0.3) is 0 Å². The predicted octanol–water partition coefficient (Wildman–Crippen LogP) is 2.00. The second kappa shape index (κ2) is 5.56. The highest BCUT2D eigenvalue weighted by atomic mass is 35.5. The number of nitrogens with one attached hydrogen (secondary N) is 1. The van der Waals surface area contributed by atoms with Crippen LogP contribution in [0, 0.1) is 5.92 Å². The number of halogens is 1. The molecule has 4 nitrogen and oxygen atoms in total. The summed E-state index contributed by atoms with van der Waals surface area (Å²) in [6.45, 7) is 2.55. The van der Waals surface area contributed by atoms with Gasteiger partial charge in [0, 0.05) is 13.1 Å². The van der Waals surface area contributed by atoms with Crippen LogP contribution >= 0.6 is 11.6 Å². The summed E-state index contributed by atoms with van der Waals surface area (Å²) in [6, 6.07) is 1.63. The highest BCUT2D eigenvalue weighted by molar-refractivity contribution is 6.32. The van der Waals surface area contributed by atoms with Crippen LogP contribution in [0.15, 0.2) is 16.7 Å². The van der Waals surface area contributed by atoms with Gasteiger partial charge in [0.25, 0.3) is 5.91 Å². The summed E-state index contributed by atoms with van der Waals surface area (Å²) >= 11 is 5.82. The molecular formula is C12H17ClN2O2. The van der Waals surface area contributed by atoms with Crippen molar-refractivity contribution in [3.63, 3.8) is 0 Å². The van der Waals surface area contributed by atoms with E-state index in [9.17, 15) is 4.79 Å². The van der Waals surface area contributed by atoms with Crippen molar-refractivity contribution in [2.24, 2.45) is 5.92 Å². The molecule has 1 unspecified atom stereocenters. The fraction of sp³-hybridized carbons (Fsp3) is 0.583. The summed E-state index contributed by atoms with van der Waals surface area (Å²) in [7, 11) is 1.94. The molecule has 0 bridgehead atoms. The molecule has 0 aromatic carbocycles. The molecule has 1 amide bonds. The molecule has 0 spiro atoms. The van der Waals surface area contributed by atoms with E-state index in [0.29, 0.717) is 11.5 Å². The number of carbonyl (C=O) groups is 1. The van der Waals surface area contributed by atoms with E-state index in [1.807, 2.05) is 11.9 Å². The molecule has 0 saturated carbocycles. The molecule has 0 aliphatic carbocycles. The van der Waals surface area contributed by atoms with Gasteiger partial charge in [-0.3, -0.25) is 4.79 Å². The van der Waals surface area contributed by atoms with Gasteiger partial charge in [0.15, 0.2) is 0 Å². The fourth-order valence-corrected chi connectivity index (χ4v) is 2.52. The first-order valence-electron chi connectivity index (χ1n) is 5.89. The Labute approximate surface area is 106 Å². The van der Waals surface area contributed by atoms with Crippen LogP contribution in [-0.2, 0) is 0 Å². The second-order valence-corrected chi connectivity index (χ2v) is 4.77. The van der Waals surface area contributed by atoms with E-state index in [-0.39, 0.29) is 11.1 Å². The standard InChI is InChI=1S/C12H17ClN2O2/c1-14-7-9-3-2-5-15(8-9)12(16)10-4-6-17-11(10)13/h4,6,9,14H,2-3,5,7-8H2,1H3. The minimum absolute atomic E-state index is 0.0236. The number of carbonyl (C=O) groups excluding carboxylic acids is 1. The zero-order valence-electron chi connectivity index (χ0n) is 9.91. The molecule has 1 fully saturated rings. The van der Waals surface area contributed by atoms with Crippen molar-refractivity contribution in [1.29, 1.82) is 0 Å². The number of amides is 1. The van der Waals surface area contributed by atoms with Crippen molar-refractivity contribution in [3.8, 4) is 0 Å². The van der Waals surface area contributed by atoms with Gasteiger partial charge in [0.05, 0.1) is 11.8 Å². The molecule has 1 saturated heterocycles. The maximum atomic E-state index is 12.2. The molecule has 1 aliphatic heterocycles. The van der Waals surface area contributed by atoms with Gasteiger partial charge in [-0.25, -0.2) is 0 Å². The van der Waals surface area contributed by atoms with Crippen LogP contribution in [0.5, 0.6) is 0 Å². The van der Waals surface area contributed by atoms with Crippen LogP contribution in [0.4, 0.5) is 0 Å². The number of rotatable bonds is 3. The van der Waals surface area contributed by atoms with Gasteiger partial charge in [0.1, 0.15) is 0 Å². The average molecular weight is 257 g/mol. The highest BCUT2D eigenvalue weighted by Gasteiger charge is 2.26. The monoisotopic (exact) mass is 256 g/mol. The molecule has 1 aromatic rings. The summed E-state index contributed by atoms with van der Waals surface area (Å²) in [5.41, 5.74) is 0.469. The topological polar surface area (TPSA) is 45.5 Å². The maximum Gasteiger partial charge on any atom is 0.258 e. The Kier molecular flexibility index (Phi) is 4.07. The normalized spacial score (nSPS) is 20.6. The number of nitrogens with zero attached hydrogens (tertiary/aromatic N) is 1. The molecule has 94 valence electrons. The largest absolute Gasteiger partial charge is 0.452 e. The number of piperidine rings is 1. The van der Waals surface area contributed by atoms with E-state index in [1.54, 1.807) is 6.07 Å². The highest BCUT2D eigenvalue weighted by Crippen LogP contribution is 2.22. The lowest BCUT2D eigenvalue weighted by atomic mass is 9.97. The lowest BCUT2D eigenvalue weighted by Gasteiger charge is -2.32. The van der Waals surface area contributed by atoms with Gasteiger partial charge in [-0.1, -0.05) is 0 Å². The van der Waals surface area contributed by atoms with Crippen molar-refractivity contribution in [2.45, 2.75) is 12.8 Å². The van der Waals surface area contributed by atoms with Crippen molar-refractivity contribution >= 4 is 17.5 Å². The van der Waals surface area contributed by atoms with Crippen LogP contribution in [0.3, 0.4) is 0 Å². The number of hydrogen-bond donors (Lipinski definition) is 1. The van der Waals surface area contributed by atoms with Gasteiger partial charge in [-0.2, -0.15) is 0 Å². The molecule has 1 aromatic heterocycles. The Hall–Kier alpha value is -1.00. The van der Waals surface area contributed by atoms with Crippen molar-refractivity contribution in [1.82, 2.24) is 10.2 Å². The minimum atomic E-state index is -0.0236. The molecule has 1 atom stereocenters. The summed E-state index contributed by atoms with van der Waals surface area (Å²) < 4.78 is 4.96. The maximum absolute atomic E-state index is 12.2. The van der Waals surface area contributed by atoms with Gasteiger partial charge < -0.3 is 14.6 Å². The number of hydrogen-bond acceptors (Lipinski definition) is 3. The second-order valence-electron chi connectivity index (χ2n) is 4.43. The average Bonchev–Trinajstić information content (AvgIpc) is 2.75. The lowest BCUT2D eigenvalue weighted by Crippen LogP contribution is -2.42. The summed E-state index contributed by atoms with van der Waals surface area (Å²) in [5, 5.41) is 3.35. The molecule has 1 N–H and O–H groups in total. The summed E-state index contributed by atoms with van der Waals surface area (Å²) in [5.74, 6) is 0.507. The smallest absolute Gasteiger partial charge is 0.258 e. The Bertz CT molecular complexity index is 390. The summed E-state index contributed by atoms with van der Waals surface area (Å²) in [6.07, 6.45) is 3.67. The molecule has 2 rings (SSSR count). The zero-order valence-corrected chi connectivity index (χ0v) is 10.7. The first kappa shape index (κ1) is 12.5. The molecular weight excluding hydrogens is 240 g/mol. The quantitative estimate of drug-likeness (QED) is 0.900. The third-order valence-electron chi connectivity index (χ3n) is 3.15. The van der Waals surface area contributed by atoms with Gasteiger partial charge >= 0.3 is 0 Å². The molecule has 0 radical (unpaired) electrons. The van der Waals surface area contributed by atoms with Crippen molar-refractivity contribution < 1.29 is 9.21 Å². The third-order valence-corrected chi connectivity index (χ3v) is 3.44.